The fraction of sp³-hybridized carbons (Fsp3) is 0.296. The van der Waals surface area contributed by atoms with Crippen LogP contribution in [-0.4, -0.2) is 30.4 Å². The van der Waals surface area contributed by atoms with Crippen LogP contribution in [0.1, 0.15) is 44.9 Å². The number of benzene rings is 2. The third kappa shape index (κ3) is 4.83. The highest BCUT2D eigenvalue weighted by molar-refractivity contribution is 7.07. The maximum atomic E-state index is 13.8. The molecule has 2 aromatic carbocycles. The number of carbonyl (C=O) groups is 1. The highest BCUT2D eigenvalue weighted by Gasteiger charge is 2.34. The number of hydrogen-bond acceptors (Lipinski definition) is 7. The molecule has 0 spiro atoms. The van der Waals surface area contributed by atoms with Crippen LogP contribution in [0.2, 0.25) is 5.02 Å². The summed E-state index contributed by atoms with van der Waals surface area (Å²) in [5.41, 5.74) is 1.79. The molecule has 7 nitrogen and oxygen atoms in total. The molecule has 0 N–H and O–H groups in total. The Morgan fingerprint density at radius 2 is 1.97 bits per heavy atom. The number of carbonyl (C=O) groups excluding carboxylic acids is 1. The van der Waals surface area contributed by atoms with E-state index in [0.29, 0.717) is 42.7 Å². The Hall–Kier alpha value is -3.36. The van der Waals surface area contributed by atoms with Gasteiger partial charge in [-0.15, -0.1) is 0 Å². The van der Waals surface area contributed by atoms with Gasteiger partial charge in [0.2, 0.25) is 0 Å². The summed E-state index contributed by atoms with van der Waals surface area (Å²) in [6.07, 6.45) is 1.67. The van der Waals surface area contributed by atoms with Gasteiger partial charge in [0, 0.05) is 10.6 Å². The first kappa shape index (κ1) is 25.7. The third-order valence-corrected chi connectivity index (χ3v) is 6.91. The van der Waals surface area contributed by atoms with Crippen molar-refractivity contribution >= 4 is 35.0 Å². The van der Waals surface area contributed by atoms with Crippen molar-refractivity contribution in [2.45, 2.75) is 39.8 Å². The van der Waals surface area contributed by atoms with E-state index in [1.807, 2.05) is 38.1 Å². The number of thiazole rings is 1. The predicted molar refractivity (Wildman–Crippen MR) is 141 cm³/mol. The van der Waals surface area contributed by atoms with Crippen molar-refractivity contribution in [1.82, 2.24) is 4.57 Å². The molecule has 1 aliphatic rings. The number of rotatable bonds is 7. The van der Waals surface area contributed by atoms with Gasteiger partial charge in [0.25, 0.3) is 5.56 Å². The zero-order chi connectivity index (χ0) is 26.0. The van der Waals surface area contributed by atoms with E-state index in [4.69, 9.17) is 25.8 Å². The van der Waals surface area contributed by atoms with Gasteiger partial charge in [-0.2, -0.15) is 0 Å². The first-order valence-corrected chi connectivity index (χ1v) is 12.7. The Morgan fingerprint density at radius 3 is 2.64 bits per heavy atom. The third-order valence-electron chi connectivity index (χ3n) is 5.59. The van der Waals surface area contributed by atoms with Crippen molar-refractivity contribution in [3.63, 3.8) is 0 Å². The maximum absolute atomic E-state index is 13.8. The van der Waals surface area contributed by atoms with Crippen molar-refractivity contribution in [3.8, 4) is 11.5 Å². The SMILES string of the molecule is CCOC(=O)C1=C(C)N=c2s/c(=C\c3cccc(OC)c3OC(C)C)c(=O)n2[C@H]1c1ccccc1Cl. The number of allylic oxidation sites excluding steroid dienone is 1. The summed E-state index contributed by atoms with van der Waals surface area (Å²) >= 11 is 7.79. The lowest BCUT2D eigenvalue weighted by Gasteiger charge is -2.25. The number of nitrogens with zero attached hydrogens (tertiary/aromatic N) is 2. The molecule has 0 fully saturated rings. The second-order valence-electron chi connectivity index (χ2n) is 8.37. The summed E-state index contributed by atoms with van der Waals surface area (Å²) in [7, 11) is 1.57. The molecule has 0 radical (unpaired) electrons. The largest absolute Gasteiger partial charge is 0.493 e. The van der Waals surface area contributed by atoms with Gasteiger partial charge in [0.1, 0.15) is 6.04 Å². The Bertz CT molecular complexity index is 1520. The van der Waals surface area contributed by atoms with Gasteiger partial charge in [-0.25, -0.2) is 9.79 Å². The molecule has 0 saturated carbocycles. The van der Waals surface area contributed by atoms with Gasteiger partial charge in [-0.3, -0.25) is 9.36 Å². The fourth-order valence-electron chi connectivity index (χ4n) is 4.09. The van der Waals surface area contributed by atoms with Crippen LogP contribution < -0.4 is 24.4 Å². The first-order chi connectivity index (χ1) is 17.3. The topological polar surface area (TPSA) is 79.1 Å². The normalized spacial score (nSPS) is 15.5. The predicted octanol–water partition coefficient (Wildman–Crippen LogP) is 4.25. The molecular weight excluding hydrogens is 500 g/mol. The average Bonchev–Trinajstić information content (AvgIpc) is 3.14. The molecule has 0 amide bonds. The zero-order valence-corrected chi connectivity index (χ0v) is 22.3. The summed E-state index contributed by atoms with van der Waals surface area (Å²) in [4.78, 5) is 31.9. The van der Waals surface area contributed by atoms with Crippen LogP contribution in [0.15, 0.2) is 63.5 Å². The standard InChI is InChI=1S/C27H27ClN2O5S/c1-6-34-26(32)22-16(4)29-27-30(23(22)18-11-7-8-12-19(18)28)25(31)21(36-27)14-17-10-9-13-20(33-5)24(17)35-15(2)3/h7-15,23H,6H2,1-5H3/b21-14-/t23-/m0/s1. The molecule has 2 heterocycles. The van der Waals surface area contributed by atoms with E-state index in [0.717, 1.165) is 0 Å². The molecule has 9 heteroatoms. The lowest BCUT2D eigenvalue weighted by atomic mass is 9.96. The van der Waals surface area contributed by atoms with E-state index in [1.54, 1.807) is 45.2 Å². The number of ether oxygens (including phenoxy) is 3. The molecule has 1 aliphatic heterocycles. The van der Waals surface area contributed by atoms with Gasteiger partial charge in [-0.1, -0.05) is 53.3 Å². The van der Waals surface area contributed by atoms with E-state index in [1.165, 1.54) is 15.9 Å². The minimum absolute atomic E-state index is 0.0929. The number of halogens is 1. The highest BCUT2D eigenvalue weighted by atomic mass is 35.5. The Morgan fingerprint density at radius 1 is 1.22 bits per heavy atom. The van der Waals surface area contributed by atoms with Crippen LogP contribution in [0.5, 0.6) is 11.5 Å². The quantitative estimate of drug-likeness (QED) is 0.430. The van der Waals surface area contributed by atoms with Crippen molar-refractivity contribution in [2.24, 2.45) is 4.99 Å². The van der Waals surface area contributed by atoms with Crippen LogP contribution in [0, 0.1) is 0 Å². The molecule has 36 heavy (non-hydrogen) atoms. The summed E-state index contributed by atoms with van der Waals surface area (Å²) in [5, 5.41) is 0.439. The molecule has 0 saturated heterocycles. The number of para-hydroxylation sites is 1. The number of hydrogen-bond donors (Lipinski definition) is 0. The molecule has 0 bridgehead atoms. The number of methoxy groups -OCH3 is 1. The summed E-state index contributed by atoms with van der Waals surface area (Å²) < 4.78 is 18.8. The Balaban J connectivity index is 1.98. The smallest absolute Gasteiger partial charge is 0.338 e. The van der Waals surface area contributed by atoms with E-state index < -0.39 is 12.0 Å². The molecule has 0 aliphatic carbocycles. The van der Waals surface area contributed by atoms with Crippen LogP contribution >= 0.6 is 22.9 Å². The summed E-state index contributed by atoms with van der Waals surface area (Å²) in [6.45, 7) is 7.52. The van der Waals surface area contributed by atoms with E-state index in [-0.39, 0.29) is 23.8 Å². The first-order valence-electron chi connectivity index (χ1n) is 11.5. The lowest BCUT2D eigenvalue weighted by Crippen LogP contribution is -2.40. The van der Waals surface area contributed by atoms with E-state index >= 15 is 0 Å². The average molecular weight is 527 g/mol. The van der Waals surface area contributed by atoms with Gasteiger partial charge in [0.05, 0.1) is 35.6 Å². The molecular formula is C27H27ClN2O5S. The monoisotopic (exact) mass is 526 g/mol. The summed E-state index contributed by atoms with van der Waals surface area (Å²) in [6, 6.07) is 11.9. The molecule has 1 atom stereocenters. The number of esters is 1. The minimum Gasteiger partial charge on any atom is -0.493 e. The van der Waals surface area contributed by atoms with E-state index in [9.17, 15) is 9.59 Å². The number of fused-ring (bicyclic) bond motifs is 1. The molecule has 0 unspecified atom stereocenters. The van der Waals surface area contributed by atoms with Crippen molar-refractivity contribution < 1.29 is 19.0 Å². The highest BCUT2D eigenvalue weighted by Crippen LogP contribution is 2.35. The summed E-state index contributed by atoms with van der Waals surface area (Å²) in [5.74, 6) is 0.588. The molecule has 1 aromatic heterocycles. The van der Waals surface area contributed by atoms with Crippen LogP contribution in [-0.2, 0) is 9.53 Å². The fourth-order valence-corrected chi connectivity index (χ4v) is 5.37. The maximum Gasteiger partial charge on any atom is 0.338 e. The minimum atomic E-state index is -0.771. The van der Waals surface area contributed by atoms with Gasteiger partial charge in [0.15, 0.2) is 16.3 Å². The Kier molecular flexibility index (Phi) is 7.66. The zero-order valence-electron chi connectivity index (χ0n) is 20.7. The Labute approximate surface area is 217 Å². The van der Waals surface area contributed by atoms with Crippen LogP contribution in [0.3, 0.4) is 0 Å². The molecule has 4 rings (SSSR count). The number of aromatic nitrogens is 1. The van der Waals surface area contributed by atoms with Crippen LogP contribution in [0.25, 0.3) is 6.08 Å². The van der Waals surface area contributed by atoms with Gasteiger partial charge < -0.3 is 14.2 Å². The van der Waals surface area contributed by atoms with Gasteiger partial charge in [-0.05, 0) is 51.5 Å². The molecule has 188 valence electrons. The second-order valence-corrected chi connectivity index (χ2v) is 9.79. The van der Waals surface area contributed by atoms with Crippen LogP contribution in [0.4, 0.5) is 0 Å². The lowest BCUT2D eigenvalue weighted by molar-refractivity contribution is -0.139. The van der Waals surface area contributed by atoms with Crippen molar-refractivity contribution in [1.29, 1.82) is 0 Å². The van der Waals surface area contributed by atoms with Gasteiger partial charge >= 0.3 is 5.97 Å². The van der Waals surface area contributed by atoms with E-state index in [2.05, 4.69) is 4.99 Å². The second kappa shape index (κ2) is 10.7. The van der Waals surface area contributed by atoms with Crippen molar-refractivity contribution in [2.75, 3.05) is 13.7 Å². The molecule has 3 aromatic rings. The van der Waals surface area contributed by atoms with Crippen molar-refractivity contribution in [3.05, 3.63) is 89.6 Å².